The molecule has 43 heavy (non-hydrogen) atoms. The van der Waals surface area contributed by atoms with Crippen LogP contribution in [0.15, 0.2) is 35.9 Å². The zero-order chi connectivity index (χ0) is 31.9. The van der Waals surface area contributed by atoms with E-state index in [4.69, 9.17) is 5.73 Å². The van der Waals surface area contributed by atoms with Gasteiger partial charge in [-0.05, 0) is 61.0 Å². The second-order valence-corrected chi connectivity index (χ2v) is 13.0. The van der Waals surface area contributed by atoms with E-state index in [1.54, 1.807) is 26.2 Å². The molecule has 0 bridgehead atoms. The lowest BCUT2D eigenvalue weighted by Crippen LogP contribution is -2.73. The molecule has 0 spiro atoms. The van der Waals surface area contributed by atoms with E-state index in [1.807, 2.05) is 20.8 Å². The number of carbonyl (C=O) groups is 3. The van der Waals surface area contributed by atoms with Gasteiger partial charge in [-0.1, -0.05) is 32.9 Å². The van der Waals surface area contributed by atoms with Crippen molar-refractivity contribution in [1.29, 1.82) is 0 Å². The van der Waals surface area contributed by atoms with Crippen molar-refractivity contribution in [2.75, 3.05) is 14.1 Å². The summed E-state index contributed by atoms with van der Waals surface area (Å²) in [6, 6.07) is 6.66. The molecule has 6 N–H and O–H groups in total. The topological polar surface area (TPSA) is 205 Å². The summed E-state index contributed by atoms with van der Waals surface area (Å²) in [5.41, 5.74) is 3.35. The van der Waals surface area contributed by atoms with Gasteiger partial charge in [0, 0.05) is 35.2 Å². The molecule has 0 aromatic heterocycles. The Labute approximate surface area is 247 Å². The maximum Gasteiger partial charge on any atom is 0.270 e. The van der Waals surface area contributed by atoms with Gasteiger partial charge in [0.1, 0.15) is 17.4 Å². The number of aliphatic hydroxyl groups is 3. The molecule has 3 aliphatic rings. The number of phenols is 1. The lowest BCUT2D eigenvalue weighted by atomic mass is 9.54. The van der Waals surface area contributed by atoms with Gasteiger partial charge in [-0.15, -0.1) is 0 Å². The second kappa shape index (κ2) is 9.97. The SMILES string of the molecule is CN(C)[C@H]1C(O)C(C(N)=O)C(=O)[C@]2(O)C(=O)C3=C(O)c4c(O)c(C(C)(C)C)cc(-c5cccc([N+](=O)[O-])c5)c4C[C@@H]3C[C@H]12. The van der Waals surface area contributed by atoms with Crippen LogP contribution in [0.2, 0.25) is 0 Å². The molecule has 5 rings (SSSR count). The van der Waals surface area contributed by atoms with Crippen LogP contribution < -0.4 is 5.73 Å². The van der Waals surface area contributed by atoms with Gasteiger partial charge in [0.05, 0.1) is 16.6 Å². The molecular weight excluding hydrogens is 558 g/mol. The number of benzene rings is 2. The van der Waals surface area contributed by atoms with Crippen molar-refractivity contribution in [2.45, 2.75) is 56.8 Å². The summed E-state index contributed by atoms with van der Waals surface area (Å²) >= 11 is 0. The molecule has 2 unspecified atom stereocenters. The molecule has 3 aliphatic carbocycles. The van der Waals surface area contributed by atoms with Crippen molar-refractivity contribution >= 4 is 28.9 Å². The molecule has 2 saturated carbocycles. The summed E-state index contributed by atoms with van der Waals surface area (Å²) in [4.78, 5) is 52.5. The van der Waals surface area contributed by atoms with Crippen LogP contribution in [0.25, 0.3) is 16.9 Å². The van der Waals surface area contributed by atoms with E-state index in [0.29, 0.717) is 22.3 Å². The first kappa shape index (κ1) is 30.3. The van der Waals surface area contributed by atoms with Crippen LogP contribution in [0.3, 0.4) is 0 Å². The fourth-order valence-corrected chi connectivity index (χ4v) is 7.29. The lowest BCUT2D eigenvalue weighted by molar-refractivity contribution is -0.384. The van der Waals surface area contributed by atoms with E-state index >= 15 is 0 Å². The smallest absolute Gasteiger partial charge is 0.270 e. The van der Waals surface area contributed by atoms with Crippen molar-refractivity contribution in [1.82, 2.24) is 4.90 Å². The molecule has 12 nitrogen and oxygen atoms in total. The predicted octanol–water partition coefficient (Wildman–Crippen LogP) is 2.00. The first-order chi connectivity index (χ1) is 19.9. The third kappa shape index (κ3) is 4.35. The molecule has 2 fully saturated rings. The number of amides is 1. The summed E-state index contributed by atoms with van der Waals surface area (Å²) in [6.07, 6.45) is -1.55. The number of nitrogens with two attached hydrogens (primary N) is 1. The Bertz CT molecular complexity index is 1620. The average Bonchev–Trinajstić information content (AvgIpc) is 2.89. The van der Waals surface area contributed by atoms with Crippen LogP contribution in [0.4, 0.5) is 5.69 Å². The van der Waals surface area contributed by atoms with Crippen LogP contribution in [0, 0.1) is 27.9 Å². The van der Waals surface area contributed by atoms with Gasteiger partial charge in [-0.2, -0.15) is 0 Å². The van der Waals surface area contributed by atoms with Crippen molar-refractivity contribution in [3.05, 3.63) is 62.7 Å². The van der Waals surface area contributed by atoms with E-state index < -0.39 is 69.1 Å². The number of nitro benzene ring substituents is 1. The molecule has 6 atom stereocenters. The number of hydrogen-bond donors (Lipinski definition) is 5. The molecule has 0 saturated heterocycles. The van der Waals surface area contributed by atoms with Crippen molar-refractivity contribution in [2.24, 2.45) is 23.5 Å². The highest BCUT2D eigenvalue weighted by Gasteiger charge is 2.67. The number of rotatable bonds is 4. The van der Waals surface area contributed by atoms with E-state index in [1.165, 1.54) is 23.1 Å². The number of hydrogen-bond acceptors (Lipinski definition) is 10. The number of Topliss-reactive ketones (excluding diaryl/α,β-unsaturated/α-hetero) is 2. The van der Waals surface area contributed by atoms with Crippen LogP contribution in [0.1, 0.15) is 43.9 Å². The summed E-state index contributed by atoms with van der Waals surface area (Å²) in [5, 5.41) is 57.7. The number of carbonyl (C=O) groups excluding carboxylic acids is 3. The first-order valence-corrected chi connectivity index (χ1v) is 14.0. The zero-order valence-electron chi connectivity index (χ0n) is 24.5. The highest BCUT2D eigenvalue weighted by molar-refractivity contribution is 6.25. The largest absolute Gasteiger partial charge is 0.507 e. The molecule has 0 aliphatic heterocycles. The minimum absolute atomic E-state index is 0.0334. The molecule has 2 aromatic rings. The van der Waals surface area contributed by atoms with Crippen molar-refractivity contribution in [3.8, 4) is 16.9 Å². The maximum absolute atomic E-state index is 14.2. The zero-order valence-corrected chi connectivity index (χ0v) is 24.5. The number of non-ortho nitro benzene ring substituents is 1. The van der Waals surface area contributed by atoms with E-state index in [0.717, 1.165) is 0 Å². The fraction of sp³-hybridized carbons (Fsp3) is 0.452. The third-order valence-electron chi connectivity index (χ3n) is 9.26. The Balaban J connectivity index is 1.78. The standard InChI is InChI=1S/C31H35N3O9/c1-30(2,3)19-12-16(13-7-6-8-15(9-13)34(42)43)17-10-14-11-18-23(33(4)5)26(37)22(29(32)40)28(39)31(18,41)27(38)20(14)25(36)21(17)24(19)35/h6-9,12,14,18,22-23,26,35-37,41H,10-11H2,1-5H3,(H2,32,40)/t14-,18-,22?,23-,26?,31-/m1/s1. The number of fused-ring (bicyclic) bond motifs is 3. The molecule has 1 amide bonds. The first-order valence-electron chi connectivity index (χ1n) is 14.0. The number of nitrogens with zero attached hydrogens (tertiary/aromatic N) is 2. The molecule has 2 aromatic carbocycles. The Hall–Kier alpha value is -4.13. The molecule has 0 heterocycles. The minimum atomic E-state index is -2.76. The highest BCUT2D eigenvalue weighted by atomic mass is 16.6. The second-order valence-electron chi connectivity index (χ2n) is 13.0. The molecule has 228 valence electrons. The van der Waals surface area contributed by atoms with Crippen LogP contribution in [-0.4, -0.2) is 79.6 Å². The highest BCUT2D eigenvalue weighted by Crippen LogP contribution is 2.54. The van der Waals surface area contributed by atoms with Gasteiger partial charge in [0.2, 0.25) is 11.7 Å². The fourth-order valence-electron chi connectivity index (χ4n) is 7.29. The third-order valence-corrected chi connectivity index (χ3v) is 9.26. The Kier molecular flexibility index (Phi) is 7.03. The summed E-state index contributed by atoms with van der Waals surface area (Å²) in [7, 11) is 3.16. The van der Waals surface area contributed by atoms with Crippen LogP contribution >= 0.6 is 0 Å². The summed E-state index contributed by atoms with van der Waals surface area (Å²) in [5.74, 6) is -8.20. The van der Waals surface area contributed by atoms with Gasteiger partial charge in [0.15, 0.2) is 11.4 Å². The van der Waals surface area contributed by atoms with Crippen molar-refractivity contribution in [3.63, 3.8) is 0 Å². The number of likely N-dealkylation sites (N-methyl/N-ethyl adjacent to an activating group) is 1. The quantitative estimate of drug-likeness (QED) is 0.198. The number of primary amides is 1. The van der Waals surface area contributed by atoms with Crippen molar-refractivity contribution < 1.29 is 39.7 Å². The molecular formula is C31H35N3O9. The summed E-state index contributed by atoms with van der Waals surface area (Å²) in [6.45, 7) is 5.49. The normalized spacial score (nSPS) is 28.8. The molecule has 0 radical (unpaired) electrons. The van der Waals surface area contributed by atoms with Gasteiger partial charge in [-0.25, -0.2) is 0 Å². The van der Waals surface area contributed by atoms with E-state index in [-0.39, 0.29) is 35.4 Å². The maximum atomic E-state index is 14.2. The monoisotopic (exact) mass is 593 g/mol. The van der Waals surface area contributed by atoms with Gasteiger partial charge < -0.3 is 31.1 Å². The average molecular weight is 594 g/mol. The van der Waals surface area contributed by atoms with Gasteiger partial charge in [0.25, 0.3) is 5.69 Å². The number of aromatic hydroxyl groups is 1. The lowest BCUT2D eigenvalue weighted by Gasteiger charge is -2.53. The van der Waals surface area contributed by atoms with Gasteiger partial charge >= 0.3 is 0 Å². The van der Waals surface area contributed by atoms with E-state index in [9.17, 15) is 44.9 Å². The van der Waals surface area contributed by atoms with Gasteiger partial charge in [-0.3, -0.25) is 24.5 Å². The Morgan fingerprint density at radius 1 is 1.16 bits per heavy atom. The number of ketones is 2. The Morgan fingerprint density at radius 2 is 1.81 bits per heavy atom. The van der Waals surface area contributed by atoms with E-state index in [2.05, 4.69) is 0 Å². The van der Waals surface area contributed by atoms with Crippen LogP contribution in [-0.2, 0) is 26.2 Å². The summed E-state index contributed by atoms with van der Waals surface area (Å²) < 4.78 is 0. The Morgan fingerprint density at radius 3 is 2.37 bits per heavy atom. The van der Waals surface area contributed by atoms with Crippen LogP contribution in [0.5, 0.6) is 5.75 Å². The molecule has 12 heteroatoms. The number of nitro groups is 1. The number of aliphatic hydroxyl groups excluding tert-OH is 2. The minimum Gasteiger partial charge on any atom is -0.507 e. The number of phenolic OH excluding ortho intramolecular Hbond substituents is 1. The predicted molar refractivity (Wildman–Crippen MR) is 155 cm³/mol.